The highest BCUT2D eigenvalue weighted by atomic mass is 32.2. The molecule has 0 N–H and O–H groups in total. The molecule has 1 fully saturated rings. The molecule has 2 aromatic carbocycles. The molecular formula is C29H32N4O2S. The fourth-order valence-electron chi connectivity index (χ4n) is 4.48. The molecule has 186 valence electrons. The summed E-state index contributed by atoms with van der Waals surface area (Å²) in [5.74, 6) is 0.727. The monoisotopic (exact) mass is 500 g/mol. The molecular weight excluding hydrogens is 468 g/mol. The van der Waals surface area contributed by atoms with E-state index in [1.807, 2.05) is 59.4 Å². The first kappa shape index (κ1) is 24.4. The Morgan fingerprint density at radius 3 is 2.64 bits per heavy atom. The summed E-state index contributed by atoms with van der Waals surface area (Å²) in [7, 11) is 0. The summed E-state index contributed by atoms with van der Waals surface area (Å²) in [5.41, 5.74) is 4.75. The minimum Gasteiger partial charge on any atom is -0.493 e. The highest BCUT2D eigenvalue weighted by Gasteiger charge is 2.27. The van der Waals surface area contributed by atoms with Crippen LogP contribution in [0, 0.1) is 6.92 Å². The highest BCUT2D eigenvalue weighted by Crippen LogP contribution is 2.35. The minimum absolute atomic E-state index is 0.171. The van der Waals surface area contributed by atoms with Gasteiger partial charge in [0, 0.05) is 30.4 Å². The molecule has 0 bridgehead atoms. The van der Waals surface area contributed by atoms with E-state index in [-0.39, 0.29) is 5.91 Å². The minimum atomic E-state index is -0.171. The SMILES string of the molecule is CCCCOc1ccc(-c2nn(-c3ccccc3)cc2/C=C2\SC(N3CCCCC3)=NC2=O)cc1C. The van der Waals surface area contributed by atoms with Crippen molar-refractivity contribution in [2.24, 2.45) is 4.99 Å². The van der Waals surface area contributed by atoms with E-state index in [0.29, 0.717) is 4.91 Å². The second-order valence-corrected chi connectivity index (χ2v) is 10.3. The second kappa shape index (κ2) is 11.2. The molecule has 0 saturated carbocycles. The quantitative estimate of drug-likeness (QED) is 0.274. The van der Waals surface area contributed by atoms with E-state index in [1.165, 1.54) is 18.2 Å². The Bertz CT molecular complexity index is 1290. The number of carbonyl (C=O) groups excluding carboxylic acids is 1. The van der Waals surface area contributed by atoms with Crippen LogP contribution in [0.1, 0.15) is 50.2 Å². The maximum Gasteiger partial charge on any atom is 0.286 e. The number of amidine groups is 1. The van der Waals surface area contributed by atoms with Crippen molar-refractivity contribution in [1.29, 1.82) is 0 Å². The van der Waals surface area contributed by atoms with Crippen molar-refractivity contribution < 1.29 is 9.53 Å². The molecule has 6 nitrogen and oxygen atoms in total. The summed E-state index contributed by atoms with van der Waals surface area (Å²) in [5, 5.41) is 5.76. The van der Waals surface area contributed by atoms with Crippen LogP contribution in [-0.4, -0.2) is 45.5 Å². The second-order valence-electron chi connectivity index (χ2n) is 9.25. The van der Waals surface area contributed by atoms with Crippen LogP contribution in [0.25, 0.3) is 23.0 Å². The van der Waals surface area contributed by atoms with E-state index in [2.05, 4.69) is 29.8 Å². The number of rotatable bonds is 7. The number of ether oxygens (including phenoxy) is 1. The third-order valence-electron chi connectivity index (χ3n) is 6.49. The highest BCUT2D eigenvalue weighted by molar-refractivity contribution is 8.18. The Hall–Kier alpha value is -3.32. The van der Waals surface area contributed by atoms with Crippen molar-refractivity contribution in [2.75, 3.05) is 19.7 Å². The van der Waals surface area contributed by atoms with Gasteiger partial charge in [-0.3, -0.25) is 4.79 Å². The van der Waals surface area contributed by atoms with Crippen LogP contribution in [0.4, 0.5) is 0 Å². The number of aryl methyl sites for hydroxylation is 1. The van der Waals surface area contributed by atoms with Crippen molar-refractivity contribution in [3.63, 3.8) is 0 Å². The predicted octanol–water partition coefficient (Wildman–Crippen LogP) is 6.48. The molecule has 3 aromatic rings. The molecule has 2 aliphatic heterocycles. The van der Waals surface area contributed by atoms with Crippen molar-refractivity contribution in [3.05, 3.63) is 70.8 Å². The maximum atomic E-state index is 12.8. The molecule has 0 aliphatic carbocycles. The number of likely N-dealkylation sites (tertiary alicyclic amines) is 1. The van der Waals surface area contributed by atoms with Gasteiger partial charge in [-0.25, -0.2) is 4.68 Å². The van der Waals surface area contributed by atoms with Crippen molar-refractivity contribution in [3.8, 4) is 22.7 Å². The number of unbranched alkanes of at least 4 members (excludes halogenated alkanes) is 1. The first-order valence-electron chi connectivity index (χ1n) is 12.8. The summed E-state index contributed by atoms with van der Waals surface area (Å²) < 4.78 is 7.83. The molecule has 36 heavy (non-hydrogen) atoms. The number of aromatic nitrogens is 2. The zero-order valence-electron chi connectivity index (χ0n) is 20.9. The van der Waals surface area contributed by atoms with Crippen LogP contribution < -0.4 is 4.74 Å². The number of nitrogens with zero attached hydrogens (tertiary/aromatic N) is 4. The molecule has 0 atom stereocenters. The number of aliphatic imine (C=N–C) groups is 1. The lowest BCUT2D eigenvalue weighted by Crippen LogP contribution is -2.33. The summed E-state index contributed by atoms with van der Waals surface area (Å²) in [6.07, 6.45) is 9.62. The van der Waals surface area contributed by atoms with Gasteiger partial charge in [-0.15, -0.1) is 0 Å². The van der Waals surface area contributed by atoms with Gasteiger partial charge in [0.25, 0.3) is 5.91 Å². The average Bonchev–Trinajstić information content (AvgIpc) is 3.50. The van der Waals surface area contributed by atoms with Crippen LogP contribution in [0.3, 0.4) is 0 Å². The number of hydrogen-bond donors (Lipinski definition) is 0. The Kier molecular flexibility index (Phi) is 7.56. The van der Waals surface area contributed by atoms with Gasteiger partial charge in [-0.05, 0) is 86.3 Å². The zero-order chi connectivity index (χ0) is 24.9. The molecule has 0 unspecified atom stereocenters. The molecule has 3 heterocycles. The van der Waals surface area contributed by atoms with E-state index >= 15 is 0 Å². The van der Waals surface area contributed by atoms with Gasteiger partial charge in [0.15, 0.2) is 5.17 Å². The number of hydrogen-bond acceptors (Lipinski definition) is 5. The number of piperidine rings is 1. The van der Waals surface area contributed by atoms with Crippen LogP contribution >= 0.6 is 11.8 Å². The van der Waals surface area contributed by atoms with Crippen LogP contribution in [0.15, 0.2) is 64.6 Å². The third kappa shape index (κ3) is 5.41. The molecule has 2 aliphatic rings. The number of thioether (sulfide) groups is 1. The van der Waals surface area contributed by atoms with Crippen LogP contribution in [0.2, 0.25) is 0 Å². The normalized spacial score (nSPS) is 17.1. The predicted molar refractivity (Wildman–Crippen MR) is 148 cm³/mol. The van der Waals surface area contributed by atoms with Gasteiger partial charge < -0.3 is 9.64 Å². The van der Waals surface area contributed by atoms with Crippen molar-refractivity contribution in [1.82, 2.24) is 14.7 Å². The molecule has 1 amide bonds. The van der Waals surface area contributed by atoms with Gasteiger partial charge in [0.05, 0.1) is 17.2 Å². The third-order valence-corrected chi connectivity index (χ3v) is 7.53. The summed E-state index contributed by atoms with van der Waals surface area (Å²) >= 11 is 1.48. The van der Waals surface area contributed by atoms with E-state index in [4.69, 9.17) is 9.84 Å². The average molecular weight is 501 g/mol. The lowest BCUT2D eigenvalue weighted by molar-refractivity contribution is -0.113. The smallest absolute Gasteiger partial charge is 0.286 e. The zero-order valence-corrected chi connectivity index (χ0v) is 21.8. The van der Waals surface area contributed by atoms with Gasteiger partial charge in [-0.2, -0.15) is 10.1 Å². The number of amides is 1. The van der Waals surface area contributed by atoms with E-state index in [1.54, 1.807) is 0 Å². The Morgan fingerprint density at radius 2 is 1.89 bits per heavy atom. The van der Waals surface area contributed by atoms with Crippen LogP contribution in [-0.2, 0) is 4.79 Å². The van der Waals surface area contributed by atoms with Gasteiger partial charge in [0.2, 0.25) is 0 Å². The Morgan fingerprint density at radius 1 is 1.08 bits per heavy atom. The molecule has 1 saturated heterocycles. The topological polar surface area (TPSA) is 59.7 Å². The van der Waals surface area contributed by atoms with E-state index in [9.17, 15) is 4.79 Å². The maximum absolute atomic E-state index is 12.8. The molecule has 1 aromatic heterocycles. The summed E-state index contributed by atoms with van der Waals surface area (Å²) in [6.45, 7) is 6.87. The van der Waals surface area contributed by atoms with E-state index < -0.39 is 0 Å². The first-order chi connectivity index (χ1) is 17.6. The van der Waals surface area contributed by atoms with Gasteiger partial charge in [-0.1, -0.05) is 31.5 Å². The lowest BCUT2D eigenvalue weighted by atomic mass is 10.0. The number of benzene rings is 2. The summed E-state index contributed by atoms with van der Waals surface area (Å²) in [4.78, 5) is 20.1. The molecule has 0 spiro atoms. The number of para-hydroxylation sites is 1. The number of carbonyl (C=O) groups is 1. The largest absolute Gasteiger partial charge is 0.493 e. The Labute approximate surface area is 217 Å². The van der Waals surface area contributed by atoms with E-state index in [0.717, 1.165) is 84.4 Å². The van der Waals surface area contributed by atoms with Gasteiger partial charge in [0.1, 0.15) is 11.4 Å². The molecule has 5 rings (SSSR count). The standard InChI is InChI=1S/C29H32N4O2S/c1-3-4-17-35-25-14-13-22(18-21(25)2)27-23(20-33(31-27)24-11-7-5-8-12-24)19-26-28(34)30-29(36-26)32-15-9-6-10-16-32/h5,7-8,11-14,18-20H,3-4,6,9-10,15-17H2,1-2H3/b26-19-. The summed E-state index contributed by atoms with van der Waals surface area (Å²) in [6, 6.07) is 16.2. The Balaban J connectivity index is 1.48. The first-order valence-corrected chi connectivity index (χ1v) is 13.6. The van der Waals surface area contributed by atoms with Crippen molar-refractivity contribution >= 4 is 28.9 Å². The fourth-order valence-corrected chi connectivity index (χ4v) is 5.43. The van der Waals surface area contributed by atoms with Gasteiger partial charge >= 0.3 is 0 Å². The lowest BCUT2D eigenvalue weighted by Gasteiger charge is -2.27. The van der Waals surface area contributed by atoms with Crippen LogP contribution in [0.5, 0.6) is 5.75 Å². The molecule has 7 heteroatoms. The molecule has 0 radical (unpaired) electrons. The fraction of sp³-hybridized carbons (Fsp3) is 0.345. The van der Waals surface area contributed by atoms with Crippen molar-refractivity contribution in [2.45, 2.75) is 46.0 Å².